The Morgan fingerprint density at radius 1 is 1.50 bits per heavy atom. The summed E-state index contributed by atoms with van der Waals surface area (Å²) in [4.78, 5) is 15.1. The summed E-state index contributed by atoms with van der Waals surface area (Å²) in [6.07, 6.45) is 5.95. The van der Waals surface area contributed by atoms with Gasteiger partial charge in [0.2, 0.25) is 0 Å². The molecule has 2 unspecified atom stereocenters. The second-order valence-corrected chi connectivity index (χ2v) is 5.64. The van der Waals surface area contributed by atoms with Crippen molar-refractivity contribution in [2.45, 2.75) is 52.7 Å². The van der Waals surface area contributed by atoms with Crippen LogP contribution in [0.3, 0.4) is 0 Å². The van der Waals surface area contributed by atoms with E-state index in [1.165, 1.54) is 0 Å². The zero-order valence-electron chi connectivity index (χ0n) is 11.6. The quantitative estimate of drug-likeness (QED) is 0.810. The number of hydrogen-bond acceptors (Lipinski definition) is 3. The van der Waals surface area contributed by atoms with Crippen molar-refractivity contribution in [1.29, 1.82) is 0 Å². The lowest BCUT2D eigenvalue weighted by molar-refractivity contribution is -0.140. The zero-order chi connectivity index (χ0) is 13.8. The van der Waals surface area contributed by atoms with Crippen LogP contribution in [0.5, 0.6) is 0 Å². The molecule has 102 valence electrons. The largest absolute Gasteiger partial charge is 0.480 e. The van der Waals surface area contributed by atoms with Gasteiger partial charge in [0.05, 0.1) is 6.33 Å². The molecule has 0 aliphatic carbocycles. The van der Waals surface area contributed by atoms with Crippen molar-refractivity contribution < 1.29 is 9.90 Å². The van der Waals surface area contributed by atoms with E-state index in [1.807, 2.05) is 17.7 Å². The maximum absolute atomic E-state index is 11.1. The minimum absolute atomic E-state index is 0.0207. The molecule has 0 amide bonds. The molecule has 5 nitrogen and oxygen atoms in total. The average Bonchev–Trinajstić information content (AvgIpc) is 2.74. The van der Waals surface area contributed by atoms with E-state index in [-0.39, 0.29) is 11.5 Å². The first kappa shape index (κ1) is 14.7. The monoisotopic (exact) mass is 253 g/mol. The normalized spacial score (nSPS) is 15.3. The van der Waals surface area contributed by atoms with Crippen LogP contribution in [0.2, 0.25) is 0 Å². The molecule has 0 saturated heterocycles. The summed E-state index contributed by atoms with van der Waals surface area (Å²) in [6, 6.07) is -0.425. The van der Waals surface area contributed by atoms with Crippen LogP contribution in [-0.2, 0) is 11.3 Å². The predicted molar refractivity (Wildman–Crippen MR) is 70.3 cm³/mol. The minimum atomic E-state index is -0.794. The summed E-state index contributed by atoms with van der Waals surface area (Å²) in [5, 5.41) is 12.4. The number of rotatable bonds is 6. The molecule has 0 aliphatic rings. The fourth-order valence-electron chi connectivity index (χ4n) is 1.79. The second kappa shape index (κ2) is 6.00. The minimum Gasteiger partial charge on any atom is -0.480 e. The molecule has 1 heterocycles. The standard InChI is InChI=1S/C13H23N3O2/c1-5-10(12(17)18)15-11(13(2,3)4)8-16-7-6-14-9-16/h6-7,9-11,15H,5,8H2,1-4H3,(H,17,18). The van der Waals surface area contributed by atoms with E-state index in [0.717, 1.165) is 0 Å². The first-order valence-electron chi connectivity index (χ1n) is 6.29. The Bertz CT molecular complexity index is 368. The molecule has 18 heavy (non-hydrogen) atoms. The Morgan fingerprint density at radius 2 is 2.17 bits per heavy atom. The lowest BCUT2D eigenvalue weighted by Crippen LogP contribution is -2.50. The number of nitrogens with one attached hydrogen (secondary N) is 1. The number of aromatic nitrogens is 2. The van der Waals surface area contributed by atoms with Gasteiger partial charge >= 0.3 is 5.97 Å². The number of aliphatic carboxylic acids is 1. The number of imidazole rings is 1. The summed E-state index contributed by atoms with van der Waals surface area (Å²) in [5.74, 6) is -0.794. The van der Waals surface area contributed by atoms with Gasteiger partial charge in [-0.3, -0.25) is 10.1 Å². The van der Waals surface area contributed by atoms with Crippen LogP contribution >= 0.6 is 0 Å². The SMILES string of the molecule is CCC(NC(Cn1ccnc1)C(C)(C)C)C(=O)O. The number of carboxylic acid groups (broad SMARTS) is 1. The van der Waals surface area contributed by atoms with Crippen LogP contribution in [-0.4, -0.2) is 32.7 Å². The molecule has 2 atom stereocenters. The summed E-state index contributed by atoms with van der Waals surface area (Å²) >= 11 is 0. The molecule has 2 N–H and O–H groups in total. The highest BCUT2D eigenvalue weighted by molar-refractivity contribution is 5.73. The van der Waals surface area contributed by atoms with Gasteiger partial charge in [0.1, 0.15) is 6.04 Å². The molecule has 5 heteroatoms. The summed E-state index contributed by atoms with van der Waals surface area (Å²) < 4.78 is 1.97. The van der Waals surface area contributed by atoms with Gasteiger partial charge in [-0.25, -0.2) is 4.98 Å². The van der Waals surface area contributed by atoms with E-state index in [1.54, 1.807) is 12.5 Å². The Morgan fingerprint density at radius 3 is 2.56 bits per heavy atom. The third-order valence-corrected chi connectivity index (χ3v) is 3.11. The summed E-state index contributed by atoms with van der Waals surface area (Å²) in [5.41, 5.74) is -0.0207. The lowest BCUT2D eigenvalue weighted by atomic mass is 9.86. The Balaban J connectivity index is 2.76. The van der Waals surface area contributed by atoms with Gasteiger partial charge in [-0.05, 0) is 11.8 Å². The van der Waals surface area contributed by atoms with E-state index < -0.39 is 12.0 Å². The van der Waals surface area contributed by atoms with Crippen molar-refractivity contribution in [3.05, 3.63) is 18.7 Å². The summed E-state index contributed by atoms with van der Waals surface area (Å²) in [7, 11) is 0. The maximum atomic E-state index is 11.1. The number of hydrogen-bond donors (Lipinski definition) is 2. The van der Waals surface area contributed by atoms with Crippen LogP contribution in [0.1, 0.15) is 34.1 Å². The van der Waals surface area contributed by atoms with Crippen LogP contribution in [0.4, 0.5) is 0 Å². The van der Waals surface area contributed by atoms with Crippen LogP contribution in [0.15, 0.2) is 18.7 Å². The van der Waals surface area contributed by atoms with Gasteiger partial charge in [0.25, 0.3) is 0 Å². The van der Waals surface area contributed by atoms with E-state index in [2.05, 4.69) is 31.1 Å². The van der Waals surface area contributed by atoms with Crippen LogP contribution in [0, 0.1) is 5.41 Å². The number of nitrogens with zero attached hydrogens (tertiary/aromatic N) is 2. The molecule has 0 saturated carbocycles. The lowest BCUT2D eigenvalue weighted by Gasteiger charge is -2.34. The molecule has 0 bridgehead atoms. The first-order chi connectivity index (χ1) is 8.34. The van der Waals surface area contributed by atoms with Crippen molar-refractivity contribution in [1.82, 2.24) is 14.9 Å². The van der Waals surface area contributed by atoms with Gasteiger partial charge in [0, 0.05) is 25.0 Å². The number of carbonyl (C=O) groups is 1. The fraction of sp³-hybridized carbons (Fsp3) is 0.692. The van der Waals surface area contributed by atoms with Crippen molar-refractivity contribution in [2.75, 3.05) is 0 Å². The van der Waals surface area contributed by atoms with Crippen molar-refractivity contribution in [3.8, 4) is 0 Å². The van der Waals surface area contributed by atoms with Gasteiger partial charge in [-0.1, -0.05) is 27.7 Å². The molecule has 0 spiro atoms. The molecule has 0 aliphatic heterocycles. The topological polar surface area (TPSA) is 67.2 Å². The Kier molecular flexibility index (Phi) is 4.90. The van der Waals surface area contributed by atoms with Gasteiger partial charge in [-0.15, -0.1) is 0 Å². The Hall–Kier alpha value is -1.36. The highest BCUT2D eigenvalue weighted by atomic mass is 16.4. The third-order valence-electron chi connectivity index (χ3n) is 3.11. The van der Waals surface area contributed by atoms with E-state index in [0.29, 0.717) is 13.0 Å². The van der Waals surface area contributed by atoms with Crippen molar-refractivity contribution in [2.24, 2.45) is 5.41 Å². The molecule has 0 aromatic carbocycles. The average molecular weight is 253 g/mol. The maximum Gasteiger partial charge on any atom is 0.320 e. The molecule has 1 aromatic heterocycles. The molecular formula is C13H23N3O2. The van der Waals surface area contributed by atoms with E-state index >= 15 is 0 Å². The highest BCUT2D eigenvalue weighted by Crippen LogP contribution is 2.21. The molecule has 0 radical (unpaired) electrons. The second-order valence-electron chi connectivity index (χ2n) is 5.64. The fourth-order valence-corrected chi connectivity index (χ4v) is 1.79. The molecule has 0 fully saturated rings. The molecular weight excluding hydrogens is 230 g/mol. The number of carboxylic acids is 1. The van der Waals surface area contributed by atoms with Gasteiger partial charge in [0.15, 0.2) is 0 Å². The third kappa shape index (κ3) is 4.14. The Labute approximate surface area is 108 Å². The zero-order valence-corrected chi connectivity index (χ0v) is 11.6. The van der Waals surface area contributed by atoms with Crippen molar-refractivity contribution >= 4 is 5.97 Å². The smallest absolute Gasteiger partial charge is 0.320 e. The molecule has 1 aromatic rings. The summed E-state index contributed by atoms with van der Waals surface area (Å²) in [6.45, 7) is 8.92. The highest BCUT2D eigenvalue weighted by Gasteiger charge is 2.29. The predicted octanol–water partition coefficient (Wildman–Crippen LogP) is 1.75. The van der Waals surface area contributed by atoms with Gasteiger partial charge in [-0.2, -0.15) is 0 Å². The first-order valence-corrected chi connectivity index (χ1v) is 6.29. The van der Waals surface area contributed by atoms with Crippen molar-refractivity contribution in [3.63, 3.8) is 0 Å². The van der Waals surface area contributed by atoms with E-state index in [9.17, 15) is 4.79 Å². The van der Waals surface area contributed by atoms with Crippen LogP contribution < -0.4 is 5.32 Å². The van der Waals surface area contributed by atoms with Crippen LogP contribution in [0.25, 0.3) is 0 Å². The molecule has 1 rings (SSSR count). The van der Waals surface area contributed by atoms with Gasteiger partial charge < -0.3 is 9.67 Å². The van der Waals surface area contributed by atoms with E-state index in [4.69, 9.17) is 5.11 Å².